The predicted molar refractivity (Wildman–Crippen MR) is 112 cm³/mol. The summed E-state index contributed by atoms with van der Waals surface area (Å²) in [6, 6.07) is 2.55. The van der Waals surface area contributed by atoms with Gasteiger partial charge in [0, 0.05) is 49.6 Å². The Morgan fingerprint density at radius 2 is 2.00 bits per heavy atom. The highest BCUT2D eigenvalue weighted by atomic mass is 32.2. The molecule has 0 saturated carbocycles. The van der Waals surface area contributed by atoms with E-state index in [4.69, 9.17) is 9.47 Å². The number of pyridine rings is 1. The summed E-state index contributed by atoms with van der Waals surface area (Å²) < 4.78 is 27.3. The lowest BCUT2D eigenvalue weighted by atomic mass is 9.86. The summed E-state index contributed by atoms with van der Waals surface area (Å²) in [5, 5.41) is 0. The van der Waals surface area contributed by atoms with Gasteiger partial charge in [-0.3, -0.25) is 9.88 Å². The fourth-order valence-corrected chi connectivity index (χ4v) is 6.99. The number of ether oxygens (including phenoxy) is 2. The smallest absolute Gasteiger partial charge is 0.129 e. The van der Waals surface area contributed by atoms with E-state index in [1.807, 2.05) is 19.9 Å². The van der Waals surface area contributed by atoms with Gasteiger partial charge in [-0.15, -0.1) is 0 Å². The average molecular weight is 420 g/mol. The highest BCUT2D eigenvalue weighted by Crippen LogP contribution is 2.43. The molecule has 160 valence electrons. The van der Waals surface area contributed by atoms with Crippen LogP contribution in [-0.2, 0) is 20.5 Å². The van der Waals surface area contributed by atoms with Crippen molar-refractivity contribution in [2.45, 2.75) is 62.5 Å². The molecule has 4 aliphatic heterocycles. The van der Waals surface area contributed by atoms with Crippen molar-refractivity contribution >= 4 is 11.0 Å². The van der Waals surface area contributed by atoms with Gasteiger partial charge in [0.1, 0.15) is 11.0 Å². The predicted octanol–water partition coefficient (Wildman–Crippen LogP) is 2.46. The van der Waals surface area contributed by atoms with Crippen LogP contribution in [0.5, 0.6) is 0 Å². The Kier molecular flexibility index (Phi) is 5.31. The molecule has 0 aromatic carbocycles. The molecule has 1 aromatic rings. The third kappa shape index (κ3) is 3.81. The van der Waals surface area contributed by atoms with E-state index in [1.54, 1.807) is 6.20 Å². The Morgan fingerprint density at radius 1 is 1.17 bits per heavy atom. The number of hydrogen-bond donors (Lipinski definition) is 0. The number of nitrogens with zero attached hydrogens (tertiary/aromatic N) is 3. The number of likely N-dealkylation sites (tertiary alicyclic amines) is 1. The summed E-state index contributed by atoms with van der Waals surface area (Å²) in [7, 11) is -1.13. The van der Waals surface area contributed by atoms with E-state index in [0.717, 1.165) is 68.3 Å². The molecule has 5 heterocycles. The van der Waals surface area contributed by atoms with Gasteiger partial charge in [-0.05, 0) is 64.1 Å². The number of piperidine rings is 1. The van der Waals surface area contributed by atoms with Crippen molar-refractivity contribution < 1.29 is 13.7 Å². The number of hydrogen-bond acceptors (Lipinski definition) is 5. The molecule has 1 aromatic heterocycles. The fourth-order valence-electron chi connectivity index (χ4n) is 5.72. The molecule has 4 saturated heterocycles. The summed E-state index contributed by atoms with van der Waals surface area (Å²) in [5.74, 6) is 0. The zero-order valence-electron chi connectivity index (χ0n) is 17.7. The van der Waals surface area contributed by atoms with Crippen LogP contribution in [0.3, 0.4) is 0 Å². The maximum absolute atomic E-state index is 13.1. The Morgan fingerprint density at radius 3 is 2.72 bits per heavy atom. The molecule has 0 radical (unpaired) electrons. The first-order valence-corrected chi connectivity index (χ1v) is 12.1. The number of rotatable bonds is 3. The minimum atomic E-state index is -1.13. The molecular weight excluding hydrogens is 386 g/mol. The molecule has 3 unspecified atom stereocenters. The zero-order chi connectivity index (χ0) is 20.1. The lowest BCUT2D eigenvalue weighted by Gasteiger charge is -2.38. The third-order valence-corrected chi connectivity index (χ3v) is 9.25. The summed E-state index contributed by atoms with van der Waals surface area (Å²) in [6.07, 6.45) is 7.33. The van der Waals surface area contributed by atoms with E-state index < -0.39 is 11.0 Å². The molecule has 7 heteroatoms. The van der Waals surface area contributed by atoms with Gasteiger partial charge in [0.15, 0.2) is 0 Å². The van der Waals surface area contributed by atoms with Crippen LogP contribution in [0.25, 0.3) is 0 Å². The van der Waals surface area contributed by atoms with Crippen molar-refractivity contribution in [1.82, 2.24) is 14.2 Å². The average Bonchev–Trinajstić information content (AvgIpc) is 3.44. The Balaban J connectivity index is 1.18. The quantitative estimate of drug-likeness (QED) is 0.753. The van der Waals surface area contributed by atoms with Crippen LogP contribution in [0.1, 0.15) is 43.4 Å². The van der Waals surface area contributed by atoms with Crippen LogP contribution in [0, 0.1) is 19.3 Å². The fraction of sp³-hybridized carbons (Fsp3) is 0.773. The van der Waals surface area contributed by atoms with Gasteiger partial charge in [-0.1, -0.05) is 0 Å². The van der Waals surface area contributed by atoms with Crippen LogP contribution < -0.4 is 0 Å². The van der Waals surface area contributed by atoms with Gasteiger partial charge < -0.3 is 9.47 Å². The largest absolute Gasteiger partial charge is 0.381 e. The topological polar surface area (TPSA) is 54.9 Å². The second kappa shape index (κ2) is 7.68. The minimum absolute atomic E-state index is 0.0200. The lowest BCUT2D eigenvalue weighted by Crippen LogP contribution is -2.45. The van der Waals surface area contributed by atoms with Crippen molar-refractivity contribution in [3.05, 3.63) is 23.5 Å². The minimum Gasteiger partial charge on any atom is -0.381 e. The first-order chi connectivity index (χ1) is 14.0. The number of aryl methyl sites for hydroxylation is 2. The van der Waals surface area contributed by atoms with Crippen molar-refractivity contribution in [2.24, 2.45) is 5.41 Å². The van der Waals surface area contributed by atoms with Crippen molar-refractivity contribution in [3.63, 3.8) is 0 Å². The Labute approximate surface area is 176 Å². The molecule has 4 aliphatic rings. The van der Waals surface area contributed by atoms with E-state index >= 15 is 0 Å². The second-order valence-corrected chi connectivity index (χ2v) is 11.1. The molecule has 0 amide bonds. The van der Waals surface area contributed by atoms with Gasteiger partial charge in [0.25, 0.3) is 0 Å². The van der Waals surface area contributed by atoms with Crippen LogP contribution in [0.2, 0.25) is 0 Å². The summed E-state index contributed by atoms with van der Waals surface area (Å²) in [6.45, 7) is 10.7. The Hall–Kier alpha value is -0.860. The maximum atomic E-state index is 13.1. The van der Waals surface area contributed by atoms with E-state index in [9.17, 15) is 4.21 Å². The van der Waals surface area contributed by atoms with Crippen molar-refractivity contribution in [1.29, 1.82) is 0 Å². The molecule has 4 fully saturated rings. The van der Waals surface area contributed by atoms with Crippen LogP contribution in [-0.4, -0.2) is 76.0 Å². The van der Waals surface area contributed by atoms with Gasteiger partial charge in [-0.25, -0.2) is 8.51 Å². The second-order valence-electron chi connectivity index (χ2n) is 9.64. The molecule has 5 rings (SSSR count). The molecule has 0 N–H and O–H groups in total. The molecule has 2 spiro atoms. The van der Waals surface area contributed by atoms with Crippen molar-refractivity contribution in [3.8, 4) is 0 Å². The van der Waals surface area contributed by atoms with Gasteiger partial charge in [-0.2, -0.15) is 0 Å². The van der Waals surface area contributed by atoms with Crippen LogP contribution >= 0.6 is 0 Å². The van der Waals surface area contributed by atoms with E-state index in [0.29, 0.717) is 11.5 Å². The zero-order valence-corrected chi connectivity index (χ0v) is 18.5. The first kappa shape index (κ1) is 20.1. The lowest BCUT2D eigenvalue weighted by molar-refractivity contribution is -0.0311. The third-order valence-electron chi connectivity index (χ3n) is 7.61. The van der Waals surface area contributed by atoms with E-state index in [-0.39, 0.29) is 5.60 Å². The van der Waals surface area contributed by atoms with Crippen LogP contribution in [0.15, 0.2) is 17.2 Å². The monoisotopic (exact) mass is 419 g/mol. The highest BCUT2D eigenvalue weighted by molar-refractivity contribution is 7.82. The summed E-state index contributed by atoms with van der Waals surface area (Å²) in [4.78, 5) is 7.86. The Bertz CT molecular complexity index is 788. The molecule has 6 nitrogen and oxygen atoms in total. The van der Waals surface area contributed by atoms with E-state index in [2.05, 4.69) is 14.2 Å². The summed E-state index contributed by atoms with van der Waals surface area (Å²) in [5.41, 5.74) is 2.43. The standard InChI is InChI=1S/C22H33N3O3S/c1-17-11-18(2)23-13-20(17)29(26)25-8-4-22(5-9-25)12-19(14-28-22)24-7-3-21(15-24)6-10-27-16-21/h11,13,19H,3-10,12,14-16H2,1-2H3. The summed E-state index contributed by atoms with van der Waals surface area (Å²) >= 11 is 0. The normalized spacial score (nSPS) is 33.8. The molecule has 3 atom stereocenters. The molecule has 0 aliphatic carbocycles. The maximum Gasteiger partial charge on any atom is 0.129 e. The highest BCUT2D eigenvalue weighted by Gasteiger charge is 2.49. The van der Waals surface area contributed by atoms with Gasteiger partial charge in [0.05, 0.1) is 23.7 Å². The van der Waals surface area contributed by atoms with E-state index in [1.165, 1.54) is 25.9 Å². The van der Waals surface area contributed by atoms with Gasteiger partial charge in [0.2, 0.25) is 0 Å². The molecule has 29 heavy (non-hydrogen) atoms. The van der Waals surface area contributed by atoms with Crippen molar-refractivity contribution in [2.75, 3.05) is 46.0 Å². The van der Waals surface area contributed by atoms with Crippen LogP contribution in [0.4, 0.5) is 0 Å². The molecule has 0 bridgehead atoms. The molecular formula is C22H33N3O3S. The van der Waals surface area contributed by atoms with Gasteiger partial charge >= 0.3 is 0 Å². The number of aromatic nitrogens is 1. The SMILES string of the molecule is Cc1cc(C)c(S(=O)N2CCC3(CC2)CC(N2CCC4(CCOC4)C2)CO3)cn1. The first-order valence-electron chi connectivity index (χ1n) is 11.0.